The quantitative estimate of drug-likeness (QED) is 0.790. The number of methoxy groups -OCH3 is 1. The standard InChI is InChI=1S/C11H15NO2/c1-8(7-11(12)13)9-5-3-4-6-10(9)14-2/h3-6,8H,7H2,1-2H3,(H2,12,13). The first-order valence-corrected chi connectivity index (χ1v) is 4.56. The van der Waals surface area contributed by atoms with Crippen LogP contribution in [0, 0.1) is 0 Å². The summed E-state index contributed by atoms with van der Waals surface area (Å²) in [5.41, 5.74) is 6.16. The first-order chi connectivity index (χ1) is 6.65. The van der Waals surface area contributed by atoms with Gasteiger partial charge in [-0.25, -0.2) is 0 Å². The Morgan fingerprint density at radius 1 is 1.50 bits per heavy atom. The highest BCUT2D eigenvalue weighted by atomic mass is 16.5. The van der Waals surface area contributed by atoms with Crippen molar-refractivity contribution in [2.75, 3.05) is 7.11 Å². The average Bonchev–Trinajstić information content (AvgIpc) is 2.16. The molecule has 1 aromatic carbocycles. The van der Waals surface area contributed by atoms with Crippen molar-refractivity contribution in [2.24, 2.45) is 5.73 Å². The van der Waals surface area contributed by atoms with Gasteiger partial charge >= 0.3 is 0 Å². The number of hydrogen-bond donors (Lipinski definition) is 1. The van der Waals surface area contributed by atoms with Crippen LogP contribution >= 0.6 is 0 Å². The third kappa shape index (κ3) is 2.49. The predicted octanol–water partition coefficient (Wildman–Crippen LogP) is 1.67. The minimum Gasteiger partial charge on any atom is -0.496 e. The third-order valence-electron chi connectivity index (χ3n) is 2.18. The summed E-state index contributed by atoms with van der Waals surface area (Å²) in [5, 5.41) is 0. The van der Waals surface area contributed by atoms with E-state index in [9.17, 15) is 4.79 Å². The first-order valence-electron chi connectivity index (χ1n) is 4.56. The minimum atomic E-state index is -0.289. The molecule has 0 fully saturated rings. The Morgan fingerprint density at radius 3 is 2.71 bits per heavy atom. The van der Waals surface area contributed by atoms with E-state index in [1.807, 2.05) is 31.2 Å². The summed E-state index contributed by atoms with van der Waals surface area (Å²) in [6.45, 7) is 1.96. The van der Waals surface area contributed by atoms with Gasteiger partial charge in [-0.2, -0.15) is 0 Å². The topological polar surface area (TPSA) is 52.3 Å². The molecule has 0 spiro atoms. The molecule has 0 saturated carbocycles. The van der Waals surface area contributed by atoms with Gasteiger partial charge in [0.2, 0.25) is 5.91 Å². The number of nitrogens with two attached hydrogens (primary N) is 1. The molecule has 0 heterocycles. The first kappa shape index (κ1) is 10.6. The average molecular weight is 193 g/mol. The van der Waals surface area contributed by atoms with Crippen LogP contribution in [0.5, 0.6) is 5.75 Å². The molecular formula is C11H15NO2. The van der Waals surface area contributed by atoms with Crippen molar-refractivity contribution < 1.29 is 9.53 Å². The van der Waals surface area contributed by atoms with Crippen LogP contribution in [0.4, 0.5) is 0 Å². The van der Waals surface area contributed by atoms with Crippen LogP contribution in [-0.2, 0) is 4.79 Å². The molecule has 0 saturated heterocycles. The Bertz CT molecular complexity index is 323. The number of carbonyl (C=O) groups is 1. The monoisotopic (exact) mass is 193 g/mol. The highest BCUT2D eigenvalue weighted by molar-refractivity contribution is 5.74. The van der Waals surface area contributed by atoms with E-state index in [1.54, 1.807) is 7.11 Å². The Hall–Kier alpha value is -1.51. The number of amides is 1. The van der Waals surface area contributed by atoms with Crippen LogP contribution in [0.25, 0.3) is 0 Å². The summed E-state index contributed by atoms with van der Waals surface area (Å²) in [6, 6.07) is 7.66. The second-order valence-electron chi connectivity index (χ2n) is 3.31. The highest BCUT2D eigenvalue weighted by Gasteiger charge is 2.12. The van der Waals surface area contributed by atoms with Crippen LogP contribution in [0.2, 0.25) is 0 Å². The van der Waals surface area contributed by atoms with Gasteiger partial charge in [0.05, 0.1) is 7.11 Å². The molecule has 0 bridgehead atoms. The zero-order valence-electron chi connectivity index (χ0n) is 8.49. The van der Waals surface area contributed by atoms with Crippen LogP contribution in [0.15, 0.2) is 24.3 Å². The van der Waals surface area contributed by atoms with E-state index in [0.29, 0.717) is 6.42 Å². The lowest BCUT2D eigenvalue weighted by Gasteiger charge is -2.13. The molecule has 0 radical (unpaired) electrons. The molecule has 1 aromatic rings. The number of carbonyl (C=O) groups excluding carboxylic acids is 1. The molecule has 3 nitrogen and oxygen atoms in total. The van der Waals surface area contributed by atoms with Crippen LogP contribution in [0.3, 0.4) is 0 Å². The fraction of sp³-hybridized carbons (Fsp3) is 0.364. The maximum atomic E-state index is 10.8. The second-order valence-corrected chi connectivity index (χ2v) is 3.31. The largest absolute Gasteiger partial charge is 0.496 e. The van der Waals surface area contributed by atoms with Gasteiger partial charge in [0.25, 0.3) is 0 Å². The molecule has 2 N–H and O–H groups in total. The minimum absolute atomic E-state index is 0.101. The lowest BCUT2D eigenvalue weighted by atomic mass is 9.97. The van der Waals surface area contributed by atoms with Crippen molar-refractivity contribution in [3.63, 3.8) is 0 Å². The molecule has 0 aromatic heterocycles. The number of ether oxygens (including phenoxy) is 1. The molecule has 1 unspecified atom stereocenters. The van der Waals surface area contributed by atoms with Crippen molar-refractivity contribution in [3.05, 3.63) is 29.8 Å². The molecular weight excluding hydrogens is 178 g/mol. The SMILES string of the molecule is COc1ccccc1C(C)CC(N)=O. The van der Waals surface area contributed by atoms with Gasteiger partial charge in [-0.3, -0.25) is 4.79 Å². The summed E-state index contributed by atoms with van der Waals surface area (Å²) < 4.78 is 5.20. The molecule has 1 rings (SSSR count). The maximum absolute atomic E-state index is 10.8. The van der Waals surface area contributed by atoms with E-state index < -0.39 is 0 Å². The lowest BCUT2D eigenvalue weighted by Crippen LogP contribution is -2.14. The van der Waals surface area contributed by atoms with E-state index in [1.165, 1.54) is 0 Å². The summed E-state index contributed by atoms with van der Waals surface area (Å²) >= 11 is 0. The molecule has 1 amide bonds. The van der Waals surface area contributed by atoms with Crippen LogP contribution in [0.1, 0.15) is 24.8 Å². The summed E-state index contributed by atoms with van der Waals surface area (Å²) in [4.78, 5) is 10.8. The van der Waals surface area contributed by atoms with E-state index in [0.717, 1.165) is 11.3 Å². The Kier molecular flexibility index (Phi) is 3.51. The fourth-order valence-corrected chi connectivity index (χ4v) is 1.49. The Labute approximate surface area is 83.9 Å². The molecule has 0 aliphatic heterocycles. The fourth-order valence-electron chi connectivity index (χ4n) is 1.49. The van der Waals surface area contributed by atoms with Gasteiger partial charge in [0.1, 0.15) is 5.75 Å². The molecule has 14 heavy (non-hydrogen) atoms. The van der Waals surface area contributed by atoms with Crippen molar-refractivity contribution in [3.8, 4) is 5.75 Å². The highest BCUT2D eigenvalue weighted by Crippen LogP contribution is 2.27. The molecule has 3 heteroatoms. The number of hydrogen-bond acceptors (Lipinski definition) is 2. The Balaban J connectivity index is 2.87. The number of primary amides is 1. The van der Waals surface area contributed by atoms with Gasteiger partial charge in [-0.05, 0) is 17.5 Å². The molecule has 0 aliphatic carbocycles. The van der Waals surface area contributed by atoms with Gasteiger partial charge in [-0.15, -0.1) is 0 Å². The summed E-state index contributed by atoms with van der Waals surface area (Å²) in [6.07, 6.45) is 0.348. The van der Waals surface area contributed by atoms with Crippen molar-refractivity contribution in [1.29, 1.82) is 0 Å². The van der Waals surface area contributed by atoms with Crippen molar-refractivity contribution >= 4 is 5.91 Å². The molecule has 1 atom stereocenters. The van der Waals surface area contributed by atoms with Crippen LogP contribution in [-0.4, -0.2) is 13.0 Å². The van der Waals surface area contributed by atoms with Gasteiger partial charge in [0.15, 0.2) is 0 Å². The van der Waals surface area contributed by atoms with E-state index >= 15 is 0 Å². The van der Waals surface area contributed by atoms with Gasteiger partial charge in [0, 0.05) is 6.42 Å². The normalized spacial score (nSPS) is 12.1. The summed E-state index contributed by atoms with van der Waals surface area (Å²) in [5.74, 6) is 0.619. The number of benzene rings is 1. The van der Waals surface area contributed by atoms with Crippen LogP contribution < -0.4 is 10.5 Å². The van der Waals surface area contributed by atoms with Gasteiger partial charge < -0.3 is 10.5 Å². The molecule has 0 aliphatic rings. The smallest absolute Gasteiger partial charge is 0.218 e. The van der Waals surface area contributed by atoms with E-state index in [4.69, 9.17) is 10.5 Å². The second kappa shape index (κ2) is 4.65. The predicted molar refractivity (Wildman–Crippen MR) is 55.2 cm³/mol. The number of para-hydroxylation sites is 1. The van der Waals surface area contributed by atoms with E-state index in [2.05, 4.69) is 0 Å². The van der Waals surface area contributed by atoms with E-state index in [-0.39, 0.29) is 11.8 Å². The zero-order chi connectivity index (χ0) is 10.6. The Morgan fingerprint density at radius 2 is 2.14 bits per heavy atom. The maximum Gasteiger partial charge on any atom is 0.218 e. The van der Waals surface area contributed by atoms with Crippen molar-refractivity contribution in [1.82, 2.24) is 0 Å². The zero-order valence-corrected chi connectivity index (χ0v) is 8.49. The third-order valence-corrected chi connectivity index (χ3v) is 2.18. The molecule has 76 valence electrons. The van der Waals surface area contributed by atoms with Crippen molar-refractivity contribution in [2.45, 2.75) is 19.3 Å². The summed E-state index contributed by atoms with van der Waals surface area (Å²) in [7, 11) is 1.62. The van der Waals surface area contributed by atoms with Gasteiger partial charge in [-0.1, -0.05) is 25.1 Å². The lowest BCUT2D eigenvalue weighted by molar-refractivity contribution is -0.118. The number of rotatable bonds is 4.